The van der Waals surface area contributed by atoms with Crippen LogP contribution in [0.25, 0.3) is 0 Å². The number of rotatable bonds is 3. The summed E-state index contributed by atoms with van der Waals surface area (Å²) in [6.07, 6.45) is 1.47. The van der Waals surface area contributed by atoms with Gasteiger partial charge in [0, 0.05) is 33.2 Å². The van der Waals surface area contributed by atoms with Crippen LogP contribution in [0.5, 0.6) is 0 Å². The molecule has 0 saturated carbocycles. The van der Waals surface area contributed by atoms with Gasteiger partial charge in [-0.25, -0.2) is 9.48 Å². The molecule has 1 saturated heterocycles. The second-order valence-corrected chi connectivity index (χ2v) is 4.92. The van der Waals surface area contributed by atoms with E-state index in [0.717, 1.165) is 0 Å². The molecule has 22 heavy (non-hydrogen) atoms. The Hall–Kier alpha value is -2.84. The van der Waals surface area contributed by atoms with Gasteiger partial charge in [-0.1, -0.05) is 0 Å². The summed E-state index contributed by atoms with van der Waals surface area (Å²) < 4.78 is 6.55. The zero-order chi connectivity index (χ0) is 15.7. The molecule has 0 bridgehead atoms. The van der Waals surface area contributed by atoms with Crippen LogP contribution in [0.2, 0.25) is 0 Å². The molecule has 3 heterocycles. The van der Waals surface area contributed by atoms with E-state index in [9.17, 15) is 9.59 Å². The summed E-state index contributed by atoms with van der Waals surface area (Å²) in [5, 5.41) is 12.8. The van der Waals surface area contributed by atoms with Gasteiger partial charge in [-0.05, 0) is 12.1 Å². The second-order valence-electron chi connectivity index (χ2n) is 4.92. The molecule has 0 radical (unpaired) electrons. The summed E-state index contributed by atoms with van der Waals surface area (Å²) in [6, 6.07) is 3.31. The smallest absolute Gasteiger partial charge is 0.375 e. The van der Waals surface area contributed by atoms with Crippen molar-refractivity contribution in [3.05, 3.63) is 30.0 Å². The average molecular weight is 305 g/mol. The third-order valence-corrected chi connectivity index (χ3v) is 3.51. The molecule has 0 atom stereocenters. The number of anilines is 1. The van der Waals surface area contributed by atoms with Crippen molar-refractivity contribution < 1.29 is 19.1 Å². The van der Waals surface area contributed by atoms with Crippen molar-refractivity contribution >= 4 is 17.8 Å². The van der Waals surface area contributed by atoms with Crippen LogP contribution in [-0.2, 0) is 7.05 Å². The largest absolute Gasteiger partial charge is 0.475 e. The fourth-order valence-corrected chi connectivity index (χ4v) is 2.41. The molecule has 0 aliphatic carbocycles. The van der Waals surface area contributed by atoms with Crippen LogP contribution in [0.15, 0.2) is 22.8 Å². The maximum absolute atomic E-state index is 12.2. The summed E-state index contributed by atoms with van der Waals surface area (Å²) in [6.45, 7) is 2.12. The lowest BCUT2D eigenvalue weighted by Gasteiger charge is -2.34. The molecule has 2 aromatic heterocycles. The Morgan fingerprint density at radius 3 is 2.55 bits per heavy atom. The lowest BCUT2D eigenvalue weighted by Crippen LogP contribution is -2.49. The van der Waals surface area contributed by atoms with Gasteiger partial charge in [0.2, 0.25) is 5.95 Å². The van der Waals surface area contributed by atoms with E-state index in [2.05, 4.69) is 10.1 Å². The number of aromatic nitrogens is 3. The van der Waals surface area contributed by atoms with E-state index >= 15 is 0 Å². The predicted octanol–water partition coefficient (Wildman–Crippen LogP) is 0.0687. The van der Waals surface area contributed by atoms with Crippen LogP contribution in [-0.4, -0.2) is 62.8 Å². The number of carboxylic acid groups (broad SMARTS) is 1. The highest BCUT2D eigenvalue weighted by molar-refractivity contribution is 5.91. The Bertz CT molecular complexity index is 685. The molecule has 9 nitrogen and oxygen atoms in total. The van der Waals surface area contributed by atoms with Gasteiger partial charge in [-0.2, -0.15) is 4.98 Å². The molecule has 1 amide bonds. The number of nitrogens with zero attached hydrogens (tertiary/aromatic N) is 5. The number of carbonyl (C=O) groups excluding carboxylic acids is 1. The highest BCUT2D eigenvalue weighted by Crippen LogP contribution is 2.15. The molecule has 0 unspecified atom stereocenters. The third-order valence-electron chi connectivity index (χ3n) is 3.51. The van der Waals surface area contributed by atoms with Crippen molar-refractivity contribution in [3.63, 3.8) is 0 Å². The zero-order valence-corrected chi connectivity index (χ0v) is 12.0. The Morgan fingerprint density at radius 2 is 2.00 bits per heavy atom. The number of hydrogen-bond donors (Lipinski definition) is 1. The number of carbonyl (C=O) groups is 2. The minimum atomic E-state index is -1.16. The fraction of sp³-hybridized carbons (Fsp3) is 0.385. The van der Waals surface area contributed by atoms with Gasteiger partial charge in [0.15, 0.2) is 5.76 Å². The first-order valence-corrected chi connectivity index (χ1v) is 6.78. The standard InChI is InChI=1S/C13H15N5O4/c1-16-13(14-10(15-16)12(20)21)18-6-4-17(5-7-18)11(19)9-3-2-8-22-9/h2-3,8H,4-7H2,1H3,(H,20,21). The predicted molar refractivity (Wildman–Crippen MR) is 74.8 cm³/mol. The van der Waals surface area contributed by atoms with E-state index in [1.165, 1.54) is 10.9 Å². The number of hydrogen-bond acceptors (Lipinski definition) is 6. The molecule has 1 aliphatic rings. The Kier molecular flexibility index (Phi) is 3.53. The molecule has 3 rings (SSSR count). The molecule has 0 aromatic carbocycles. The van der Waals surface area contributed by atoms with E-state index in [4.69, 9.17) is 9.52 Å². The second kappa shape index (κ2) is 5.51. The van der Waals surface area contributed by atoms with Crippen molar-refractivity contribution in [2.24, 2.45) is 7.05 Å². The lowest BCUT2D eigenvalue weighted by molar-refractivity contribution is 0.0682. The fourth-order valence-electron chi connectivity index (χ4n) is 2.41. The molecule has 2 aromatic rings. The maximum atomic E-state index is 12.2. The van der Waals surface area contributed by atoms with Crippen LogP contribution in [0, 0.1) is 0 Å². The number of aryl methyl sites for hydroxylation is 1. The molecule has 1 N–H and O–H groups in total. The van der Waals surface area contributed by atoms with Crippen molar-refractivity contribution in [2.45, 2.75) is 0 Å². The van der Waals surface area contributed by atoms with Gasteiger partial charge >= 0.3 is 5.97 Å². The van der Waals surface area contributed by atoms with Crippen LogP contribution in [0.4, 0.5) is 5.95 Å². The Labute approximate surface area is 125 Å². The lowest BCUT2D eigenvalue weighted by atomic mass is 10.3. The number of aromatic carboxylic acids is 1. The number of amides is 1. The van der Waals surface area contributed by atoms with Crippen molar-refractivity contribution in [3.8, 4) is 0 Å². The molecule has 1 aliphatic heterocycles. The van der Waals surface area contributed by atoms with Gasteiger partial charge in [0.25, 0.3) is 11.7 Å². The summed E-state index contributed by atoms with van der Waals surface area (Å²) in [4.78, 5) is 30.7. The van der Waals surface area contributed by atoms with E-state index in [0.29, 0.717) is 37.9 Å². The molecule has 1 fully saturated rings. The first-order chi connectivity index (χ1) is 10.6. The van der Waals surface area contributed by atoms with Crippen molar-refractivity contribution in [1.29, 1.82) is 0 Å². The molecule has 116 valence electrons. The highest BCUT2D eigenvalue weighted by atomic mass is 16.4. The minimum Gasteiger partial charge on any atom is -0.475 e. The normalized spacial score (nSPS) is 15.1. The van der Waals surface area contributed by atoms with Crippen LogP contribution in [0.1, 0.15) is 21.2 Å². The average Bonchev–Trinajstić information content (AvgIpc) is 3.16. The summed E-state index contributed by atoms with van der Waals surface area (Å²) in [7, 11) is 1.65. The number of furan rings is 1. The molecular weight excluding hydrogens is 290 g/mol. The first-order valence-electron chi connectivity index (χ1n) is 6.78. The minimum absolute atomic E-state index is 0.145. The SMILES string of the molecule is Cn1nc(C(=O)O)nc1N1CCN(C(=O)c2ccco2)CC1. The van der Waals surface area contributed by atoms with E-state index < -0.39 is 5.97 Å². The van der Waals surface area contributed by atoms with E-state index in [-0.39, 0.29) is 11.7 Å². The van der Waals surface area contributed by atoms with E-state index in [1.807, 2.05) is 4.90 Å². The number of piperazine rings is 1. The monoisotopic (exact) mass is 305 g/mol. The maximum Gasteiger partial charge on any atom is 0.375 e. The van der Waals surface area contributed by atoms with Crippen LogP contribution in [0.3, 0.4) is 0 Å². The van der Waals surface area contributed by atoms with Crippen molar-refractivity contribution in [1.82, 2.24) is 19.7 Å². The highest BCUT2D eigenvalue weighted by Gasteiger charge is 2.26. The Morgan fingerprint density at radius 1 is 1.27 bits per heavy atom. The quantitative estimate of drug-likeness (QED) is 0.855. The van der Waals surface area contributed by atoms with Crippen molar-refractivity contribution in [2.75, 3.05) is 31.1 Å². The van der Waals surface area contributed by atoms with Gasteiger partial charge in [0.1, 0.15) is 0 Å². The van der Waals surface area contributed by atoms with Gasteiger partial charge in [0.05, 0.1) is 6.26 Å². The van der Waals surface area contributed by atoms with E-state index in [1.54, 1.807) is 24.1 Å². The van der Waals surface area contributed by atoms with Gasteiger partial charge in [-0.3, -0.25) is 4.79 Å². The topological polar surface area (TPSA) is 105 Å². The number of carboxylic acids is 1. The summed E-state index contributed by atoms with van der Waals surface area (Å²) in [5.41, 5.74) is 0. The molecule has 0 spiro atoms. The van der Waals surface area contributed by atoms with Crippen LogP contribution < -0.4 is 4.90 Å². The van der Waals surface area contributed by atoms with Crippen LogP contribution >= 0.6 is 0 Å². The first kappa shape index (κ1) is 14.1. The van der Waals surface area contributed by atoms with Gasteiger partial charge in [-0.15, -0.1) is 5.10 Å². The Balaban J connectivity index is 1.67. The molecular formula is C13H15N5O4. The summed E-state index contributed by atoms with van der Waals surface area (Å²) >= 11 is 0. The zero-order valence-electron chi connectivity index (χ0n) is 12.0. The third kappa shape index (κ3) is 2.52. The molecule has 9 heteroatoms. The summed E-state index contributed by atoms with van der Waals surface area (Å²) in [5.74, 6) is -0.725. The van der Waals surface area contributed by atoms with Gasteiger partial charge < -0.3 is 19.3 Å².